The second kappa shape index (κ2) is 6.83. The number of carbonyl (C=O) groups excluding carboxylic acids is 1. The second-order valence-electron chi connectivity index (χ2n) is 3.65. The van der Waals surface area contributed by atoms with Gasteiger partial charge in [-0.15, -0.1) is 0 Å². The first-order chi connectivity index (χ1) is 8.70. The fraction of sp³-hybridized carbons (Fsp3) is 0.300. The van der Waals surface area contributed by atoms with Gasteiger partial charge in [-0.05, 0) is 18.2 Å². The van der Waals surface area contributed by atoms with Crippen LogP contribution in [0.4, 0.5) is 0 Å². The minimum atomic E-state index is -3.90. The molecule has 1 aromatic carbocycles. The summed E-state index contributed by atoms with van der Waals surface area (Å²) in [5, 5.41) is 2.55. The molecule has 1 amide bonds. The van der Waals surface area contributed by atoms with Gasteiger partial charge in [-0.25, -0.2) is 8.42 Å². The zero-order chi connectivity index (χ0) is 14.6. The van der Waals surface area contributed by atoms with Gasteiger partial charge in [0.1, 0.15) is 0 Å². The van der Waals surface area contributed by atoms with Crippen molar-refractivity contribution in [2.24, 2.45) is 0 Å². The zero-order valence-corrected chi connectivity index (χ0v) is 13.8. The van der Waals surface area contributed by atoms with E-state index in [1.165, 1.54) is 24.5 Å². The van der Waals surface area contributed by atoms with Crippen molar-refractivity contribution >= 4 is 52.4 Å². The Morgan fingerprint density at radius 1 is 1.42 bits per heavy atom. The molecule has 0 aliphatic heterocycles. The Morgan fingerprint density at radius 2 is 2.05 bits per heavy atom. The van der Waals surface area contributed by atoms with Crippen molar-refractivity contribution < 1.29 is 17.4 Å². The molecular weight excluding hydrogens is 378 g/mol. The van der Waals surface area contributed by atoms with E-state index in [2.05, 4.69) is 21.2 Å². The highest BCUT2D eigenvalue weighted by Gasteiger charge is 2.15. The maximum atomic E-state index is 11.8. The minimum Gasteiger partial charge on any atom is -0.351 e. The Hall–Kier alpha value is -0.440. The van der Waals surface area contributed by atoms with E-state index < -0.39 is 25.8 Å². The van der Waals surface area contributed by atoms with Crippen molar-refractivity contribution in [1.82, 2.24) is 5.32 Å². The summed E-state index contributed by atoms with van der Waals surface area (Å²) < 4.78 is 33.8. The van der Waals surface area contributed by atoms with Crippen molar-refractivity contribution in [3.8, 4) is 0 Å². The van der Waals surface area contributed by atoms with Crippen LogP contribution in [0.1, 0.15) is 10.4 Å². The Morgan fingerprint density at radius 3 is 2.58 bits per heavy atom. The first-order valence-electron chi connectivity index (χ1n) is 5.03. The molecule has 1 aromatic rings. The monoisotopic (exact) mass is 387 g/mol. The number of rotatable bonds is 5. The van der Waals surface area contributed by atoms with Crippen molar-refractivity contribution in [3.63, 3.8) is 0 Å². The van der Waals surface area contributed by atoms with Gasteiger partial charge in [0, 0.05) is 50.1 Å². The average Bonchev–Trinajstić information content (AvgIpc) is 2.26. The predicted molar refractivity (Wildman–Crippen MR) is 78.4 cm³/mol. The number of hydrogen-bond donors (Lipinski definition) is 1. The van der Waals surface area contributed by atoms with Crippen molar-refractivity contribution in [2.45, 2.75) is 4.90 Å². The molecule has 1 N–H and O–H groups in total. The molecule has 0 aliphatic carbocycles. The smallest absolute Gasteiger partial charge is 0.261 e. The third-order valence-corrected chi connectivity index (χ3v) is 4.66. The van der Waals surface area contributed by atoms with Crippen LogP contribution in [0.15, 0.2) is 27.6 Å². The third-order valence-electron chi connectivity index (χ3n) is 2.09. The van der Waals surface area contributed by atoms with Crippen LogP contribution in [0.5, 0.6) is 0 Å². The van der Waals surface area contributed by atoms with Gasteiger partial charge in [0.25, 0.3) is 15.0 Å². The maximum absolute atomic E-state index is 11.8. The molecule has 19 heavy (non-hydrogen) atoms. The molecule has 0 saturated carbocycles. The van der Waals surface area contributed by atoms with Crippen LogP contribution in [0.3, 0.4) is 0 Å². The lowest BCUT2D eigenvalue weighted by Crippen LogP contribution is -2.27. The van der Waals surface area contributed by atoms with Crippen molar-refractivity contribution in [3.05, 3.63) is 28.2 Å². The molecule has 0 saturated heterocycles. The van der Waals surface area contributed by atoms with E-state index in [-0.39, 0.29) is 17.0 Å². The molecule has 1 rings (SSSR count). The van der Waals surface area contributed by atoms with Crippen LogP contribution in [-0.4, -0.2) is 37.1 Å². The fourth-order valence-corrected chi connectivity index (χ4v) is 3.08. The summed E-state index contributed by atoms with van der Waals surface area (Å²) in [6, 6.07) is 3.97. The summed E-state index contributed by atoms with van der Waals surface area (Å²) in [7, 11) is 0.329. The molecule has 0 aliphatic rings. The van der Waals surface area contributed by atoms with Crippen molar-refractivity contribution in [1.29, 1.82) is 0 Å². The standard InChI is InChI=1S/C10H11BrClNO4S2/c1-18(15)3-2-13-10(14)7-4-8(11)6-9(5-7)19(12,16)17/h4-6H,2-3H2,1H3,(H,13,14). The Bertz CT molecular complexity index is 618. The lowest BCUT2D eigenvalue weighted by atomic mass is 10.2. The van der Waals surface area contributed by atoms with Gasteiger partial charge in [0.05, 0.1) is 4.90 Å². The summed E-state index contributed by atoms with van der Waals surface area (Å²) >= 11 is 3.11. The van der Waals surface area contributed by atoms with Gasteiger partial charge < -0.3 is 5.32 Å². The summed E-state index contributed by atoms with van der Waals surface area (Å²) in [6.07, 6.45) is 1.53. The maximum Gasteiger partial charge on any atom is 0.261 e. The number of carbonyl (C=O) groups is 1. The van der Waals surface area contributed by atoms with E-state index in [9.17, 15) is 17.4 Å². The molecule has 9 heteroatoms. The Kier molecular flexibility index (Phi) is 5.97. The summed E-state index contributed by atoms with van der Waals surface area (Å²) in [5.74, 6) is -0.117. The highest BCUT2D eigenvalue weighted by Crippen LogP contribution is 2.22. The normalized spacial score (nSPS) is 13.0. The van der Waals surface area contributed by atoms with Gasteiger partial charge in [0.2, 0.25) is 0 Å². The molecule has 0 heterocycles. The number of nitrogens with one attached hydrogen (secondary N) is 1. The van der Waals surface area contributed by atoms with E-state index in [0.29, 0.717) is 10.2 Å². The summed E-state index contributed by atoms with van der Waals surface area (Å²) in [6.45, 7) is 0.247. The number of amides is 1. The van der Waals surface area contributed by atoms with Crippen molar-refractivity contribution in [2.75, 3.05) is 18.6 Å². The SMILES string of the molecule is CS(=O)CCNC(=O)c1cc(Br)cc(S(=O)(=O)Cl)c1. The second-order valence-corrected chi connectivity index (χ2v) is 8.68. The first-order valence-corrected chi connectivity index (χ1v) is 9.86. The van der Waals surface area contributed by atoms with Gasteiger partial charge >= 0.3 is 0 Å². The van der Waals surface area contributed by atoms with Crippen LogP contribution in [0.2, 0.25) is 0 Å². The van der Waals surface area contributed by atoms with Crippen LogP contribution in [0, 0.1) is 0 Å². The molecule has 0 spiro atoms. The van der Waals surface area contributed by atoms with Gasteiger partial charge in [-0.1, -0.05) is 15.9 Å². The van der Waals surface area contributed by atoms with E-state index >= 15 is 0 Å². The topological polar surface area (TPSA) is 80.3 Å². The number of halogens is 2. The van der Waals surface area contributed by atoms with Crippen LogP contribution in [-0.2, 0) is 19.9 Å². The molecule has 0 aromatic heterocycles. The molecular formula is C10H11BrClNO4S2. The summed E-state index contributed by atoms with van der Waals surface area (Å²) in [5.41, 5.74) is 0.162. The van der Waals surface area contributed by atoms with E-state index in [1.54, 1.807) is 0 Å². The highest BCUT2D eigenvalue weighted by molar-refractivity contribution is 9.10. The number of hydrogen-bond acceptors (Lipinski definition) is 4. The van der Waals surface area contributed by atoms with Gasteiger partial charge in [0.15, 0.2) is 0 Å². The number of benzene rings is 1. The molecule has 1 unspecified atom stereocenters. The van der Waals surface area contributed by atoms with Crippen LogP contribution < -0.4 is 5.32 Å². The quantitative estimate of drug-likeness (QED) is 0.775. The highest BCUT2D eigenvalue weighted by atomic mass is 79.9. The van der Waals surface area contributed by atoms with E-state index in [0.717, 1.165) is 0 Å². The predicted octanol–water partition coefficient (Wildman–Crippen LogP) is 1.48. The molecule has 106 valence electrons. The van der Waals surface area contributed by atoms with E-state index in [1.807, 2.05) is 0 Å². The van der Waals surface area contributed by atoms with E-state index in [4.69, 9.17) is 10.7 Å². The van der Waals surface area contributed by atoms with Crippen LogP contribution >= 0.6 is 26.6 Å². The Balaban J connectivity index is 2.92. The lowest BCUT2D eigenvalue weighted by molar-refractivity contribution is 0.0956. The molecule has 1 atom stereocenters. The molecule has 0 bridgehead atoms. The van der Waals surface area contributed by atoms with Gasteiger partial charge in [-0.3, -0.25) is 9.00 Å². The molecule has 0 fully saturated rings. The molecule has 5 nitrogen and oxygen atoms in total. The summed E-state index contributed by atoms with van der Waals surface area (Å²) in [4.78, 5) is 11.6. The largest absolute Gasteiger partial charge is 0.351 e. The fourth-order valence-electron chi connectivity index (χ4n) is 1.24. The lowest BCUT2D eigenvalue weighted by Gasteiger charge is -2.06. The van der Waals surface area contributed by atoms with Gasteiger partial charge in [-0.2, -0.15) is 0 Å². The first kappa shape index (κ1) is 16.6. The molecule has 0 radical (unpaired) electrons. The zero-order valence-electron chi connectivity index (χ0n) is 9.85. The Labute approximate surface area is 126 Å². The third kappa shape index (κ3) is 5.60. The average molecular weight is 389 g/mol. The minimum absolute atomic E-state index is 0.159. The van der Waals surface area contributed by atoms with Crippen LogP contribution in [0.25, 0.3) is 0 Å².